The Morgan fingerprint density at radius 2 is 1.79 bits per heavy atom. The van der Waals surface area contributed by atoms with Crippen molar-refractivity contribution in [2.24, 2.45) is 0 Å². The fourth-order valence-electron chi connectivity index (χ4n) is 2.16. The molecule has 6 heteroatoms. The van der Waals surface area contributed by atoms with Gasteiger partial charge in [0.2, 0.25) is 10.0 Å². The summed E-state index contributed by atoms with van der Waals surface area (Å²) >= 11 is 0. The van der Waals surface area contributed by atoms with Gasteiger partial charge in [0.15, 0.2) is 5.78 Å². The zero-order valence-corrected chi connectivity index (χ0v) is 14.6. The van der Waals surface area contributed by atoms with Gasteiger partial charge < -0.3 is 4.74 Å². The van der Waals surface area contributed by atoms with Crippen LogP contribution in [0.4, 0.5) is 5.69 Å². The summed E-state index contributed by atoms with van der Waals surface area (Å²) in [5, 5.41) is 0. The number of hydrogen-bond donors (Lipinski definition) is 1. The van der Waals surface area contributed by atoms with Crippen LogP contribution in [0.15, 0.2) is 48.5 Å². The number of benzene rings is 2. The van der Waals surface area contributed by atoms with Gasteiger partial charge in [-0.2, -0.15) is 0 Å². The van der Waals surface area contributed by atoms with Crippen molar-refractivity contribution in [2.75, 3.05) is 18.1 Å². The van der Waals surface area contributed by atoms with Crippen LogP contribution in [0.25, 0.3) is 6.08 Å². The van der Waals surface area contributed by atoms with E-state index in [9.17, 15) is 13.2 Å². The van der Waals surface area contributed by atoms with Gasteiger partial charge in [0, 0.05) is 16.8 Å². The van der Waals surface area contributed by atoms with E-state index in [0.29, 0.717) is 17.0 Å². The van der Waals surface area contributed by atoms with Crippen LogP contribution >= 0.6 is 0 Å². The highest BCUT2D eigenvalue weighted by Crippen LogP contribution is 2.21. The van der Waals surface area contributed by atoms with Crippen molar-refractivity contribution in [1.82, 2.24) is 0 Å². The molecule has 0 saturated carbocycles. The second-order valence-electron chi connectivity index (χ2n) is 5.39. The molecule has 24 heavy (non-hydrogen) atoms. The van der Waals surface area contributed by atoms with Crippen LogP contribution in [0.3, 0.4) is 0 Å². The standard InChI is InChI=1S/C18H19NO4S/c1-13-4-11-18(23-2)15(12-13)7-10-17(20)14-5-8-16(9-6-14)19-24(3,21)22/h4-12,19H,1-3H3. The summed E-state index contributed by atoms with van der Waals surface area (Å²) in [6.07, 6.45) is 4.25. The molecule has 5 nitrogen and oxygen atoms in total. The highest BCUT2D eigenvalue weighted by Gasteiger charge is 2.06. The van der Waals surface area contributed by atoms with Crippen LogP contribution in [0.1, 0.15) is 21.5 Å². The van der Waals surface area contributed by atoms with Gasteiger partial charge >= 0.3 is 0 Å². The lowest BCUT2D eigenvalue weighted by Crippen LogP contribution is -2.09. The molecule has 0 amide bonds. The van der Waals surface area contributed by atoms with E-state index in [1.807, 2.05) is 25.1 Å². The Morgan fingerprint density at radius 1 is 1.12 bits per heavy atom. The molecule has 126 valence electrons. The number of hydrogen-bond acceptors (Lipinski definition) is 4. The van der Waals surface area contributed by atoms with E-state index in [1.54, 1.807) is 37.5 Å². The smallest absolute Gasteiger partial charge is 0.229 e. The molecular weight excluding hydrogens is 326 g/mol. The number of carbonyl (C=O) groups is 1. The zero-order valence-electron chi connectivity index (χ0n) is 13.7. The zero-order chi connectivity index (χ0) is 17.7. The lowest BCUT2D eigenvalue weighted by Gasteiger charge is -2.06. The Balaban J connectivity index is 2.16. The van der Waals surface area contributed by atoms with Gasteiger partial charge in [-0.25, -0.2) is 8.42 Å². The number of sulfonamides is 1. The van der Waals surface area contributed by atoms with E-state index in [2.05, 4.69) is 4.72 Å². The molecule has 0 unspecified atom stereocenters. The van der Waals surface area contributed by atoms with E-state index < -0.39 is 10.0 Å². The Hall–Kier alpha value is -2.60. The first-order chi connectivity index (χ1) is 11.3. The molecule has 0 fully saturated rings. The summed E-state index contributed by atoms with van der Waals surface area (Å²) in [5.74, 6) is 0.516. The molecule has 0 atom stereocenters. The molecule has 0 aliphatic heterocycles. The summed E-state index contributed by atoms with van der Waals surface area (Å²) in [6.45, 7) is 1.96. The maximum Gasteiger partial charge on any atom is 0.229 e. The molecule has 0 aliphatic carbocycles. The molecule has 2 aromatic rings. The number of anilines is 1. The topological polar surface area (TPSA) is 72.5 Å². The van der Waals surface area contributed by atoms with Crippen molar-refractivity contribution in [2.45, 2.75) is 6.92 Å². The minimum absolute atomic E-state index is 0.176. The SMILES string of the molecule is COc1ccc(C)cc1C=CC(=O)c1ccc(NS(C)(=O)=O)cc1. The molecular formula is C18H19NO4S. The molecule has 0 heterocycles. The first-order valence-corrected chi connectivity index (χ1v) is 9.12. The Labute approximate surface area is 142 Å². The molecule has 0 spiro atoms. The summed E-state index contributed by atoms with van der Waals surface area (Å²) < 4.78 is 30.0. The first kappa shape index (κ1) is 17.7. The normalized spacial score (nSPS) is 11.5. The van der Waals surface area contributed by atoms with Gasteiger partial charge in [-0.15, -0.1) is 0 Å². The number of carbonyl (C=O) groups excluding carboxylic acids is 1. The highest BCUT2D eigenvalue weighted by atomic mass is 32.2. The number of nitrogens with one attached hydrogen (secondary N) is 1. The maximum atomic E-state index is 12.2. The number of ether oxygens (including phenoxy) is 1. The average molecular weight is 345 g/mol. The fourth-order valence-corrected chi connectivity index (χ4v) is 2.73. The van der Waals surface area contributed by atoms with Crippen molar-refractivity contribution in [3.05, 3.63) is 65.2 Å². The van der Waals surface area contributed by atoms with Crippen LogP contribution in [-0.2, 0) is 10.0 Å². The van der Waals surface area contributed by atoms with Gasteiger partial charge in [0.1, 0.15) is 5.75 Å². The Morgan fingerprint density at radius 3 is 2.38 bits per heavy atom. The summed E-state index contributed by atoms with van der Waals surface area (Å²) in [6, 6.07) is 12.0. The molecule has 2 aromatic carbocycles. The van der Waals surface area contributed by atoms with Crippen LogP contribution in [0.5, 0.6) is 5.75 Å². The van der Waals surface area contributed by atoms with Gasteiger partial charge in [0.25, 0.3) is 0 Å². The molecule has 0 aliphatic rings. The van der Waals surface area contributed by atoms with E-state index in [1.165, 1.54) is 6.08 Å². The van der Waals surface area contributed by atoms with Crippen LogP contribution in [-0.4, -0.2) is 27.6 Å². The molecule has 1 N–H and O–H groups in total. The van der Waals surface area contributed by atoms with Gasteiger partial charge in [-0.3, -0.25) is 9.52 Å². The predicted octanol–water partition coefficient (Wildman–Crippen LogP) is 3.27. The third kappa shape index (κ3) is 4.96. The van der Waals surface area contributed by atoms with E-state index in [0.717, 1.165) is 17.4 Å². The van der Waals surface area contributed by atoms with Crippen LogP contribution in [0.2, 0.25) is 0 Å². The first-order valence-electron chi connectivity index (χ1n) is 7.23. The summed E-state index contributed by atoms with van der Waals surface area (Å²) in [5.41, 5.74) is 2.77. The van der Waals surface area contributed by atoms with Crippen LogP contribution < -0.4 is 9.46 Å². The minimum atomic E-state index is -3.33. The third-order valence-electron chi connectivity index (χ3n) is 3.27. The average Bonchev–Trinajstić information content (AvgIpc) is 2.52. The van der Waals surface area contributed by atoms with Gasteiger partial charge in [0.05, 0.1) is 13.4 Å². The van der Waals surface area contributed by atoms with Crippen molar-refractivity contribution >= 4 is 27.6 Å². The maximum absolute atomic E-state index is 12.2. The van der Waals surface area contributed by atoms with E-state index in [-0.39, 0.29) is 5.78 Å². The lowest BCUT2D eigenvalue weighted by atomic mass is 10.1. The van der Waals surface area contributed by atoms with Crippen LogP contribution in [0, 0.1) is 6.92 Å². The largest absolute Gasteiger partial charge is 0.496 e. The molecule has 0 aromatic heterocycles. The number of aryl methyl sites for hydroxylation is 1. The van der Waals surface area contributed by atoms with Gasteiger partial charge in [-0.05, 0) is 55.5 Å². The minimum Gasteiger partial charge on any atom is -0.496 e. The molecule has 0 bridgehead atoms. The number of methoxy groups -OCH3 is 1. The van der Waals surface area contributed by atoms with E-state index in [4.69, 9.17) is 4.74 Å². The Kier molecular flexibility index (Phi) is 5.41. The van der Waals surface area contributed by atoms with Crippen molar-refractivity contribution in [1.29, 1.82) is 0 Å². The second-order valence-corrected chi connectivity index (χ2v) is 7.14. The molecule has 0 saturated heterocycles. The number of allylic oxidation sites excluding steroid dienone is 1. The van der Waals surface area contributed by atoms with E-state index >= 15 is 0 Å². The quantitative estimate of drug-likeness (QED) is 0.644. The number of ketones is 1. The van der Waals surface area contributed by atoms with Crippen molar-refractivity contribution < 1.29 is 17.9 Å². The number of rotatable bonds is 6. The Bertz CT molecular complexity index is 868. The van der Waals surface area contributed by atoms with Crippen molar-refractivity contribution in [3.8, 4) is 5.75 Å². The summed E-state index contributed by atoms with van der Waals surface area (Å²) in [7, 11) is -1.75. The lowest BCUT2D eigenvalue weighted by molar-refractivity contribution is 0.104. The predicted molar refractivity (Wildman–Crippen MR) is 96.0 cm³/mol. The fraction of sp³-hybridized carbons (Fsp3) is 0.167. The van der Waals surface area contributed by atoms with Crippen molar-refractivity contribution in [3.63, 3.8) is 0 Å². The summed E-state index contributed by atoms with van der Waals surface area (Å²) in [4.78, 5) is 12.2. The highest BCUT2D eigenvalue weighted by molar-refractivity contribution is 7.92. The molecule has 2 rings (SSSR count). The second kappa shape index (κ2) is 7.31. The van der Waals surface area contributed by atoms with Gasteiger partial charge in [-0.1, -0.05) is 11.6 Å². The third-order valence-corrected chi connectivity index (χ3v) is 3.88. The molecule has 0 radical (unpaired) electrons. The monoisotopic (exact) mass is 345 g/mol.